The van der Waals surface area contributed by atoms with Crippen LogP contribution in [0.25, 0.3) is 5.82 Å². The molecule has 0 radical (unpaired) electrons. The number of anilines is 2. The quantitative estimate of drug-likeness (QED) is 0.531. The molecule has 0 bridgehead atoms. The lowest BCUT2D eigenvalue weighted by Crippen LogP contribution is -2.18. The van der Waals surface area contributed by atoms with Gasteiger partial charge in [0.15, 0.2) is 5.82 Å². The molecular formula is C18H15F5N6O2S. The molecule has 1 aromatic carbocycles. The zero-order valence-corrected chi connectivity index (χ0v) is 17.0. The van der Waals surface area contributed by atoms with E-state index in [0.29, 0.717) is 11.9 Å². The Morgan fingerprint density at radius 1 is 1.16 bits per heavy atom. The van der Waals surface area contributed by atoms with Crippen molar-refractivity contribution in [3.63, 3.8) is 0 Å². The van der Waals surface area contributed by atoms with Gasteiger partial charge in [-0.2, -0.15) is 23.3 Å². The van der Waals surface area contributed by atoms with Crippen LogP contribution in [0.4, 0.5) is 33.6 Å². The summed E-state index contributed by atoms with van der Waals surface area (Å²) in [6.07, 6.45) is -2.48. The van der Waals surface area contributed by atoms with E-state index in [1.165, 1.54) is 31.3 Å². The smallest absolute Gasteiger partial charge is 0.324 e. The number of benzene rings is 1. The van der Waals surface area contributed by atoms with Crippen molar-refractivity contribution in [2.75, 3.05) is 12.4 Å². The van der Waals surface area contributed by atoms with Crippen LogP contribution in [0.5, 0.6) is 0 Å². The molecule has 170 valence electrons. The molecule has 14 heteroatoms. The lowest BCUT2D eigenvalue weighted by Gasteiger charge is -2.13. The van der Waals surface area contributed by atoms with E-state index in [4.69, 9.17) is 0 Å². The van der Waals surface area contributed by atoms with Crippen LogP contribution in [0.1, 0.15) is 23.5 Å². The summed E-state index contributed by atoms with van der Waals surface area (Å²) < 4.78 is 93.5. The Labute approximate surface area is 178 Å². The van der Waals surface area contributed by atoms with E-state index in [2.05, 4.69) is 25.1 Å². The van der Waals surface area contributed by atoms with Gasteiger partial charge in [-0.1, -0.05) is 0 Å². The highest BCUT2D eigenvalue weighted by Crippen LogP contribution is 2.55. The van der Waals surface area contributed by atoms with Crippen LogP contribution in [0.3, 0.4) is 0 Å². The normalized spacial score (nSPS) is 17.9. The standard InChI is InChI=1S/C18H15F5N6O2S/c1-24-32(30,31)12-4-2-11(3-5-12)27-16-25-8-14(18(21,22)23)15(28-16)29-9-10(7-26-29)13-6-17(13,19)20/h2-5,7-9,13,24H,6H2,1H3,(H,25,27,28). The number of nitrogens with one attached hydrogen (secondary N) is 2. The van der Waals surface area contributed by atoms with Crippen molar-refractivity contribution in [1.29, 1.82) is 0 Å². The second kappa shape index (κ2) is 7.48. The monoisotopic (exact) mass is 474 g/mol. The molecule has 1 unspecified atom stereocenters. The number of aromatic nitrogens is 4. The fourth-order valence-corrected chi connectivity index (χ4v) is 3.71. The van der Waals surface area contributed by atoms with Gasteiger partial charge in [-0.15, -0.1) is 0 Å². The van der Waals surface area contributed by atoms with Crippen molar-refractivity contribution < 1.29 is 30.4 Å². The van der Waals surface area contributed by atoms with Gasteiger partial charge in [0.1, 0.15) is 5.56 Å². The van der Waals surface area contributed by atoms with E-state index in [1.54, 1.807) is 0 Å². The summed E-state index contributed by atoms with van der Waals surface area (Å²) in [5.74, 6) is -4.85. The fraction of sp³-hybridized carbons (Fsp3) is 0.278. The van der Waals surface area contributed by atoms with Gasteiger partial charge in [0.2, 0.25) is 16.0 Å². The number of sulfonamides is 1. The molecule has 1 atom stereocenters. The SMILES string of the molecule is CNS(=O)(=O)c1ccc(Nc2ncc(C(F)(F)F)c(-n3cc(C4CC4(F)F)cn3)n2)cc1. The first-order valence-corrected chi connectivity index (χ1v) is 10.6. The predicted molar refractivity (Wildman–Crippen MR) is 102 cm³/mol. The van der Waals surface area contributed by atoms with Crippen molar-refractivity contribution in [3.8, 4) is 5.82 Å². The lowest BCUT2D eigenvalue weighted by atomic mass is 10.2. The molecule has 4 rings (SSSR count). The molecule has 2 N–H and O–H groups in total. The zero-order chi connectivity index (χ0) is 23.3. The van der Waals surface area contributed by atoms with Gasteiger partial charge in [-0.3, -0.25) is 0 Å². The first-order chi connectivity index (χ1) is 14.9. The van der Waals surface area contributed by atoms with Crippen molar-refractivity contribution >= 4 is 21.7 Å². The maximum absolute atomic E-state index is 13.5. The van der Waals surface area contributed by atoms with Crippen molar-refractivity contribution in [3.05, 3.63) is 54.0 Å². The molecule has 0 saturated heterocycles. The Bertz CT molecular complexity index is 1260. The summed E-state index contributed by atoms with van der Waals surface area (Å²) in [5.41, 5.74) is -0.780. The van der Waals surface area contributed by atoms with Gasteiger partial charge in [-0.05, 0) is 36.9 Å². The highest BCUT2D eigenvalue weighted by atomic mass is 32.2. The summed E-state index contributed by atoms with van der Waals surface area (Å²) >= 11 is 0. The number of hydrogen-bond donors (Lipinski definition) is 2. The highest BCUT2D eigenvalue weighted by Gasteiger charge is 2.58. The lowest BCUT2D eigenvalue weighted by molar-refractivity contribution is -0.138. The molecule has 2 heterocycles. The highest BCUT2D eigenvalue weighted by molar-refractivity contribution is 7.89. The molecule has 1 aliphatic rings. The van der Waals surface area contributed by atoms with Gasteiger partial charge in [-0.25, -0.2) is 31.6 Å². The summed E-state index contributed by atoms with van der Waals surface area (Å²) in [6, 6.07) is 5.34. The minimum Gasteiger partial charge on any atom is -0.324 e. The van der Waals surface area contributed by atoms with Gasteiger partial charge in [0, 0.05) is 24.5 Å². The fourth-order valence-electron chi connectivity index (χ4n) is 2.98. The van der Waals surface area contributed by atoms with Crippen LogP contribution in [-0.2, 0) is 16.2 Å². The molecular weight excluding hydrogens is 459 g/mol. The Morgan fingerprint density at radius 3 is 2.38 bits per heavy atom. The van der Waals surface area contributed by atoms with Crippen LogP contribution >= 0.6 is 0 Å². The average molecular weight is 474 g/mol. The number of nitrogens with zero attached hydrogens (tertiary/aromatic N) is 4. The molecule has 2 aromatic heterocycles. The van der Waals surface area contributed by atoms with Crippen molar-refractivity contribution in [1.82, 2.24) is 24.5 Å². The topological polar surface area (TPSA) is 102 Å². The third kappa shape index (κ3) is 4.27. The van der Waals surface area contributed by atoms with Gasteiger partial charge < -0.3 is 5.32 Å². The zero-order valence-electron chi connectivity index (χ0n) is 16.2. The van der Waals surface area contributed by atoms with E-state index >= 15 is 0 Å². The molecule has 0 amide bonds. The summed E-state index contributed by atoms with van der Waals surface area (Å²) in [4.78, 5) is 7.51. The number of rotatable bonds is 6. The molecule has 3 aromatic rings. The Hall–Kier alpha value is -3.13. The Morgan fingerprint density at radius 2 is 1.81 bits per heavy atom. The number of alkyl halides is 5. The number of halogens is 5. The summed E-state index contributed by atoms with van der Waals surface area (Å²) in [6.45, 7) is 0. The maximum Gasteiger partial charge on any atom is 0.421 e. The van der Waals surface area contributed by atoms with Crippen molar-refractivity contribution in [2.45, 2.75) is 29.3 Å². The third-order valence-corrected chi connectivity index (χ3v) is 6.24. The molecule has 0 aliphatic heterocycles. The van der Waals surface area contributed by atoms with Crippen LogP contribution in [0.2, 0.25) is 0 Å². The molecule has 1 saturated carbocycles. The van der Waals surface area contributed by atoms with Gasteiger partial charge in [0.05, 0.1) is 17.0 Å². The summed E-state index contributed by atoms with van der Waals surface area (Å²) in [7, 11) is -2.41. The summed E-state index contributed by atoms with van der Waals surface area (Å²) in [5, 5.41) is 6.45. The van der Waals surface area contributed by atoms with Gasteiger partial charge in [0.25, 0.3) is 5.92 Å². The molecule has 32 heavy (non-hydrogen) atoms. The average Bonchev–Trinajstić information content (AvgIpc) is 3.13. The molecule has 0 spiro atoms. The molecule has 1 aliphatic carbocycles. The van der Waals surface area contributed by atoms with E-state index < -0.39 is 39.4 Å². The largest absolute Gasteiger partial charge is 0.421 e. The molecule has 1 fully saturated rings. The predicted octanol–water partition coefficient (Wildman–Crippen LogP) is 3.46. The first kappa shape index (κ1) is 22.1. The minimum atomic E-state index is -4.81. The van der Waals surface area contributed by atoms with E-state index in [1.807, 2.05) is 0 Å². The van der Waals surface area contributed by atoms with E-state index in [9.17, 15) is 30.4 Å². The Kier molecular flexibility index (Phi) is 5.16. The van der Waals surface area contributed by atoms with E-state index in [0.717, 1.165) is 17.1 Å². The second-order valence-corrected chi connectivity index (χ2v) is 8.91. The van der Waals surface area contributed by atoms with Crippen LogP contribution in [0.15, 0.2) is 47.8 Å². The van der Waals surface area contributed by atoms with Crippen molar-refractivity contribution in [2.24, 2.45) is 0 Å². The minimum absolute atomic E-state index is 0.0134. The number of hydrogen-bond acceptors (Lipinski definition) is 6. The molecule has 8 nitrogen and oxygen atoms in total. The maximum atomic E-state index is 13.5. The van der Waals surface area contributed by atoms with Gasteiger partial charge >= 0.3 is 6.18 Å². The van der Waals surface area contributed by atoms with Crippen LogP contribution < -0.4 is 10.0 Å². The second-order valence-electron chi connectivity index (χ2n) is 7.02. The van der Waals surface area contributed by atoms with Crippen LogP contribution in [-0.4, -0.2) is 41.1 Å². The first-order valence-electron chi connectivity index (χ1n) is 9.08. The Balaban J connectivity index is 1.65. The third-order valence-electron chi connectivity index (χ3n) is 4.81. The van der Waals surface area contributed by atoms with Crippen LogP contribution in [0, 0.1) is 0 Å². The van der Waals surface area contributed by atoms with E-state index in [-0.39, 0.29) is 22.8 Å².